The summed E-state index contributed by atoms with van der Waals surface area (Å²) in [5.74, 6) is 0.359. The minimum atomic E-state index is -1.31. The fraction of sp³-hybridized carbons (Fsp3) is 0.385. The highest BCUT2D eigenvalue weighted by Crippen LogP contribution is 2.44. The van der Waals surface area contributed by atoms with Gasteiger partial charge in [0.15, 0.2) is 0 Å². The molecule has 3 nitrogen and oxygen atoms in total. The van der Waals surface area contributed by atoms with Gasteiger partial charge in [-0.2, -0.15) is 0 Å². The third-order valence-electron chi connectivity index (χ3n) is 3.63. The molecule has 4 rings (SSSR count). The van der Waals surface area contributed by atoms with E-state index in [9.17, 15) is 0 Å². The molecule has 80 valence electrons. The number of hydrogen-bond donors (Lipinski definition) is 1. The van der Waals surface area contributed by atoms with Gasteiger partial charge in [0.25, 0.3) is 0 Å². The van der Waals surface area contributed by atoms with Crippen molar-refractivity contribution < 1.29 is 2.74 Å². The second-order valence-electron chi connectivity index (χ2n) is 4.54. The van der Waals surface area contributed by atoms with Crippen molar-refractivity contribution in [3.63, 3.8) is 0 Å². The van der Waals surface area contributed by atoms with Crippen LogP contribution in [0.25, 0.3) is 11.0 Å². The molecule has 1 fully saturated rings. The predicted octanol–water partition coefficient (Wildman–Crippen LogP) is 1.80. The lowest BCUT2D eigenvalue weighted by atomic mass is 10.0. The Morgan fingerprint density at radius 1 is 1.12 bits per heavy atom. The van der Waals surface area contributed by atoms with Gasteiger partial charge in [-0.1, -0.05) is 0 Å². The summed E-state index contributed by atoms with van der Waals surface area (Å²) in [5, 5.41) is 3.01. The van der Waals surface area contributed by atoms with Gasteiger partial charge in [-0.25, -0.2) is 0 Å². The first-order valence-electron chi connectivity index (χ1n) is 6.65. The molecule has 0 amide bonds. The van der Waals surface area contributed by atoms with Gasteiger partial charge >= 0.3 is 0 Å². The van der Waals surface area contributed by atoms with E-state index in [1.165, 1.54) is 5.56 Å². The molecule has 1 aliphatic heterocycles. The van der Waals surface area contributed by atoms with Crippen LogP contribution >= 0.6 is 0 Å². The minimum Gasteiger partial charge on any atom is -0.316 e. The summed E-state index contributed by atoms with van der Waals surface area (Å²) < 4.78 is 16.1. The van der Waals surface area contributed by atoms with Crippen molar-refractivity contribution in [3.05, 3.63) is 35.7 Å². The van der Waals surface area contributed by atoms with E-state index < -0.39 is 6.50 Å². The molecular weight excluding hydrogens is 200 g/mol. The Hall–Kier alpha value is -1.48. The van der Waals surface area contributed by atoms with Crippen molar-refractivity contribution in [2.24, 2.45) is 0 Å². The number of rotatable bonds is 0. The molecule has 0 radical (unpaired) electrons. The van der Waals surface area contributed by atoms with Gasteiger partial charge in [0, 0.05) is 28.2 Å². The molecule has 2 bridgehead atoms. The summed E-state index contributed by atoms with van der Waals surface area (Å²) >= 11 is 0. The summed E-state index contributed by atoms with van der Waals surface area (Å²) in [5.41, 5.74) is 4.13. The monoisotopic (exact) mass is 215 g/mol. The molecule has 2 aliphatic rings. The largest absolute Gasteiger partial charge is 0.316 e. The second-order valence-corrected chi connectivity index (χ2v) is 4.54. The maximum absolute atomic E-state index is 8.07. The van der Waals surface area contributed by atoms with Gasteiger partial charge in [-0.05, 0) is 41.5 Å². The number of nitrogens with zero attached hydrogens (tertiary/aromatic N) is 2. The van der Waals surface area contributed by atoms with Crippen LogP contribution < -0.4 is 5.32 Å². The zero-order valence-electron chi connectivity index (χ0n) is 10.8. The van der Waals surface area contributed by atoms with Gasteiger partial charge < -0.3 is 5.32 Å². The van der Waals surface area contributed by atoms with Crippen LogP contribution in [0.1, 0.15) is 32.1 Å². The summed E-state index contributed by atoms with van der Waals surface area (Å²) in [6.45, 7) is -0.597. The Kier molecular flexibility index (Phi) is 1.31. The fourth-order valence-electron chi connectivity index (χ4n) is 2.87. The molecule has 1 N–H and O–H groups in total. The molecule has 0 spiro atoms. The van der Waals surface area contributed by atoms with Crippen LogP contribution in [0.5, 0.6) is 0 Å². The van der Waals surface area contributed by atoms with Crippen LogP contribution in [-0.4, -0.2) is 23.0 Å². The van der Waals surface area contributed by atoms with Gasteiger partial charge in [0.05, 0.1) is 11.0 Å². The summed E-state index contributed by atoms with van der Waals surface area (Å²) in [6.07, 6.45) is 4.28. The third-order valence-corrected chi connectivity index (χ3v) is 3.63. The van der Waals surface area contributed by atoms with Crippen LogP contribution in [0.2, 0.25) is 0 Å². The number of piperidine rings is 1. The highest BCUT2D eigenvalue weighted by molar-refractivity contribution is 5.77. The van der Waals surface area contributed by atoms with Crippen LogP contribution in [0.15, 0.2) is 24.5 Å². The van der Waals surface area contributed by atoms with E-state index in [0.717, 1.165) is 23.0 Å². The fourth-order valence-corrected chi connectivity index (χ4v) is 2.87. The highest BCUT2D eigenvalue weighted by Gasteiger charge is 2.34. The Balaban J connectivity index is 1.98. The Morgan fingerprint density at radius 3 is 2.56 bits per heavy atom. The normalized spacial score (nSPS) is 32.0. The summed E-state index contributed by atoms with van der Waals surface area (Å²) in [6, 6.07) is 4.11. The van der Waals surface area contributed by atoms with Gasteiger partial charge in [-0.15, -0.1) is 0 Å². The van der Waals surface area contributed by atoms with Crippen LogP contribution in [-0.2, 0) is 0 Å². The van der Waals surface area contributed by atoms with Crippen molar-refractivity contribution in [3.8, 4) is 0 Å². The predicted molar refractivity (Wildman–Crippen MR) is 62.5 cm³/mol. The van der Waals surface area contributed by atoms with Crippen LogP contribution in [0.3, 0.4) is 0 Å². The minimum absolute atomic E-state index is 0.0577. The van der Waals surface area contributed by atoms with Gasteiger partial charge in [-0.3, -0.25) is 9.97 Å². The first-order valence-corrected chi connectivity index (χ1v) is 5.65. The van der Waals surface area contributed by atoms with Gasteiger partial charge in [0.2, 0.25) is 0 Å². The quantitative estimate of drug-likeness (QED) is 0.538. The van der Waals surface area contributed by atoms with E-state index in [0.29, 0.717) is 12.5 Å². The van der Waals surface area contributed by atoms with Gasteiger partial charge in [0.1, 0.15) is 0 Å². The first kappa shape index (κ1) is 6.97. The zero-order chi connectivity index (χ0) is 12.3. The molecule has 3 heteroatoms. The molecule has 2 unspecified atom stereocenters. The number of benzene rings is 1. The molecule has 2 aromatic rings. The first-order chi connectivity index (χ1) is 8.65. The maximum atomic E-state index is 8.07. The topological polar surface area (TPSA) is 37.8 Å². The van der Waals surface area contributed by atoms with E-state index in [1.54, 1.807) is 12.4 Å². The Labute approximate surface area is 96.7 Å². The number of hydrogen-bond acceptors (Lipinski definition) is 3. The maximum Gasteiger partial charge on any atom is 0.0889 e. The van der Waals surface area contributed by atoms with Crippen LogP contribution in [0.4, 0.5) is 0 Å². The molecule has 1 aliphatic carbocycles. The number of fused-ring (bicyclic) bond motifs is 6. The summed E-state index contributed by atoms with van der Waals surface area (Å²) in [4.78, 5) is 8.65. The highest BCUT2D eigenvalue weighted by atomic mass is 15.7. The molecule has 1 saturated heterocycles. The van der Waals surface area contributed by atoms with E-state index >= 15 is 0 Å². The van der Waals surface area contributed by atoms with Crippen molar-refractivity contribution in [1.29, 1.82) is 0 Å². The summed E-state index contributed by atoms with van der Waals surface area (Å²) in [7, 11) is 0. The van der Waals surface area contributed by atoms with Crippen molar-refractivity contribution in [2.75, 3.05) is 13.0 Å². The lowest BCUT2D eigenvalue weighted by Gasteiger charge is -2.19. The molecule has 1 aromatic carbocycles. The molecule has 2 atom stereocenters. The molecule has 16 heavy (non-hydrogen) atoms. The van der Waals surface area contributed by atoms with E-state index in [2.05, 4.69) is 21.4 Å². The SMILES string of the molecule is [2H]C1([2H])[15NH][13CH2]C2CC1c1cc3nccnc3cc12. The number of nitrogens with one attached hydrogen (secondary N) is 1. The van der Waals surface area contributed by atoms with Crippen molar-refractivity contribution in [1.82, 2.24) is 15.3 Å². The van der Waals surface area contributed by atoms with E-state index in [1.807, 2.05) is 6.07 Å². The lowest BCUT2D eigenvalue weighted by molar-refractivity contribution is 0.454. The second kappa shape index (κ2) is 3.01. The molecule has 2 heterocycles. The lowest BCUT2D eigenvalue weighted by Crippen LogP contribution is -2.28. The third kappa shape index (κ3) is 1.06. The molecular formula is C13H13N3. The van der Waals surface area contributed by atoms with Crippen molar-refractivity contribution in [2.45, 2.75) is 18.3 Å². The molecule has 1 aromatic heterocycles. The Bertz CT molecular complexity index is 641. The smallest absolute Gasteiger partial charge is 0.0889 e. The van der Waals surface area contributed by atoms with Crippen LogP contribution in [0, 0.1) is 0 Å². The average molecular weight is 215 g/mol. The molecule has 0 saturated carbocycles. The number of aromatic nitrogens is 2. The van der Waals surface area contributed by atoms with Crippen molar-refractivity contribution >= 4 is 11.0 Å². The average Bonchev–Trinajstić information content (AvgIpc) is 2.68. The van der Waals surface area contributed by atoms with E-state index in [-0.39, 0.29) is 5.92 Å². The zero-order valence-corrected chi connectivity index (χ0v) is 8.77. The standard InChI is InChI=1S/C13H13N3/c1-2-16-13-5-11-9-3-8(6-14-7-9)10(11)4-12(13)15-1/h1-2,4-5,8-9,14H,3,6-7H2/i6D2,7+1,14+1. The Morgan fingerprint density at radius 2 is 1.81 bits per heavy atom. The van der Waals surface area contributed by atoms with E-state index in [4.69, 9.17) is 2.74 Å².